The molecule has 0 aliphatic heterocycles. The number of hydrogen-bond donors (Lipinski definition) is 1. The molecule has 1 nitrogen and oxygen atoms in total. The van der Waals surface area contributed by atoms with E-state index in [2.05, 4.69) is 26.2 Å². The van der Waals surface area contributed by atoms with Gasteiger partial charge in [0, 0.05) is 6.04 Å². The first-order chi connectivity index (χ1) is 8.63. The van der Waals surface area contributed by atoms with E-state index in [9.17, 15) is 0 Å². The topological polar surface area (TPSA) is 12.0 Å². The normalized spacial score (nSPS) is 30.5. The van der Waals surface area contributed by atoms with Crippen molar-refractivity contribution < 1.29 is 0 Å². The van der Waals surface area contributed by atoms with Crippen LogP contribution in [0.3, 0.4) is 0 Å². The molecule has 2 atom stereocenters. The summed E-state index contributed by atoms with van der Waals surface area (Å²) in [4.78, 5) is 0. The van der Waals surface area contributed by atoms with E-state index >= 15 is 0 Å². The third-order valence-electron chi connectivity index (χ3n) is 5.81. The summed E-state index contributed by atoms with van der Waals surface area (Å²) in [6.07, 6.45) is 14.6. The van der Waals surface area contributed by atoms with Crippen LogP contribution in [0.5, 0.6) is 0 Å². The largest absolute Gasteiger partial charge is 0.317 e. The van der Waals surface area contributed by atoms with Crippen molar-refractivity contribution >= 4 is 0 Å². The molecular formula is C17H33N. The van der Waals surface area contributed by atoms with Crippen molar-refractivity contribution in [2.45, 2.75) is 84.1 Å². The maximum absolute atomic E-state index is 3.65. The molecule has 0 aromatic carbocycles. The highest BCUT2D eigenvalue weighted by Gasteiger charge is 2.36. The molecule has 106 valence electrons. The fourth-order valence-corrected chi connectivity index (χ4v) is 4.53. The van der Waals surface area contributed by atoms with Crippen LogP contribution in [0.4, 0.5) is 0 Å². The van der Waals surface area contributed by atoms with Gasteiger partial charge in [0.15, 0.2) is 0 Å². The first-order valence-corrected chi connectivity index (χ1v) is 8.31. The number of nitrogens with one attached hydrogen (secondary N) is 1. The minimum absolute atomic E-state index is 0.557. The summed E-state index contributed by atoms with van der Waals surface area (Å²) in [5, 5.41) is 3.65. The highest BCUT2D eigenvalue weighted by Crippen LogP contribution is 2.43. The monoisotopic (exact) mass is 251 g/mol. The third-order valence-corrected chi connectivity index (χ3v) is 5.81. The van der Waals surface area contributed by atoms with Crippen LogP contribution in [0.25, 0.3) is 0 Å². The SMILES string of the molecule is CNC(CCC1CCCC1)C1CCCCC1(C)C. The van der Waals surface area contributed by atoms with Crippen molar-refractivity contribution in [3.63, 3.8) is 0 Å². The van der Waals surface area contributed by atoms with Crippen molar-refractivity contribution in [1.29, 1.82) is 0 Å². The summed E-state index contributed by atoms with van der Waals surface area (Å²) < 4.78 is 0. The van der Waals surface area contributed by atoms with Crippen LogP contribution in [-0.4, -0.2) is 13.1 Å². The molecule has 2 aliphatic carbocycles. The molecule has 0 amide bonds. The quantitative estimate of drug-likeness (QED) is 0.743. The standard InChI is InChI=1S/C17H33N/c1-17(2)13-7-6-10-15(17)16(18-3)12-11-14-8-4-5-9-14/h14-16,18H,4-13H2,1-3H3. The second-order valence-corrected chi connectivity index (χ2v) is 7.46. The summed E-state index contributed by atoms with van der Waals surface area (Å²) in [5.74, 6) is 1.95. The van der Waals surface area contributed by atoms with Gasteiger partial charge in [0.2, 0.25) is 0 Å². The van der Waals surface area contributed by atoms with E-state index in [0.29, 0.717) is 5.41 Å². The van der Waals surface area contributed by atoms with Crippen molar-refractivity contribution in [3.8, 4) is 0 Å². The van der Waals surface area contributed by atoms with Crippen molar-refractivity contribution in [3.05, 3.63) is 0 Å². The van der Waals surface area contributed by atoms with Crippen molar-refractivity contribution in [2.75, 3.05) is 7.05 Å². The van der Waals surface area contributed by atoms with Crippen LogP contribution < -0.4 is 5.32 Å². The Labute approximate surface area is 114 Å². The zero-order chi connectivity index (χ0) is 13.0. The van der Waals surface area contributed by atoms with E-state index in [0.717, 1.165) is 17.9 Å². The van der Waals surface area contributed by atoms with Crippen LogP contribution in [0.15, 0.2) is 0 Å². The lowest BCUT2D eigenvalue weighted by atomic mass is 9.65. The van der Waals surface area contributed by atoms with Gasteiger partial charge in [-0.15, -0.1) is 0 Å². The molecule has 2 rings (SSSR count). The predicted octanol–water partition coefficient (Wildman–Crippen LogP) is 4.76. The molecule has 2 fully saturated rings. The Bertz CT molecular complexity index is 240. The maximum Gasteiger partial charge on any atom is 0.00975 e. The molecule has 0 radical (unpaired) electrons. The van der Waals surface area contributed by atoms with Crippen LogP contribution in [0.2, 0.25) is 0 Å². The molecular weight excluding hydrogens is 218 g/mol. The van der Waals surface area contributed by atoms with Gasteiger partial charge >= 0.3 is 0 Å². The molecule has 2 saturated carbocycles. The summed E-state index contributed by atoms with van der Waals surface area (Å²) in [6, 6.07) is 0.765. The minimum Gasteiger partial charge on any atom is -0.317 e. The molecule has 0 aromatic rings. The second kappa shape index (κ2) is 6.41. The Morgan fingerprint density at radius 3 is 2.33 bits per heavy atom. The smallest absolute Gasteiger partial charge is 0.00975 e. The van der Waals surface area contributed by atoms with Gasteiger partial charge in [-0.1, -0.05) is 52.4 Å². The Hall–Kier alpha value is -0.0400. The third kappa shape index (κ3) is 3.50. The van der Waals surface area contributed by atoms with Gasteiger partial charge in [0.25, 0.3) is 0 Å². The molecule has 0 spiro atoms. The van der Waals surface area contributed by atoms with E-state index in [4.69, 9.17) is 0 Å². The van der Waals surface area contributed by atoms with Gasteiger partial charge in [-0.25, -0.2) is 0 Å². The molecule has 2 aliphatic rings. The summed E-state index contributed by atoms with van der Waals surface area (Å²) in [6.45, 7) is 4.99. The summed E-state index contributed by atoms with van der Waals surface area (Å²) in [5.41, 5.74) is 0.557. The zero-order valence-corrected chi connectivity index (χ0v) is 12.8. The van der Waals surface area contributed by atoms with Crippen molar-refractivity contribution in [2.24, 2.45) is 17.3 Å². The van der Waals surface area contributed by atoms with Gasteiger partial charge in [-0.3, -0.25) is 0 Å². The second-order valence-electron chi connectivity index (χ2n) is 7.46. The van der Waals surface area contributed by atoms with Crippen molar-refractivity contribution in [1.82, 2.24) is 5.32 Å². The molecule has 0 aromatic heterocycles. The molecule has 0 bridgehead atoms. The highest BCUT2D eigenvalue weighted by molar-refractivity contribution is 4.90. The first kappa shape index (κ1) is 14.4. The predicted molar refractivity (Wildman–Crippen MR) is 79.8 cm³/mol. The van der Waals surface area contributed by atoms with Crippen LogP contribution in [0.1, 0.15) is 78.1 Å². The highest BCUT2D eigenvalue weighted by atomic mass is 14.9. The van der Waals surface area contributed by atoms with Crippen LogP contribution in [0, 0.1) is 17.3 Å². The van der Waals surface area contributed by atoms with E-state index in [1.54, 1.807) is 0 Å². The van der Waals surface area contributed by atoms with Crippen LogP contribution >= 0.6 is 0 Å². The maximum atomic E-state index is 3.65. The molecule has 0 saturated heterocycles. The molecule has 18 heavy (non-hydrogen) atoms. The summed E-state index contributed by atoms with van der Waals surface area (Å²) in [7, 11) is 2.18. The Kier molecular flexibility index (Phi) is 5.12. The van der Waals surface area contributed by atoms with Gasteiger partial charge in [-0.2, -0.15) is 0 Å². The Morgan fingerprint density at radius 2 is 1.72 bits per heavy atom. The summed E-state index contributed by atoms with van der Waals surface area (Å²) >= 11 is 0. The lowest BCUT2D eigenvalue weighted by Crippen LogP contribution is -2.43. The lowest BCUT2D eigenvalue weighted by molar-refractivity contribution is 0.0949. The lowest BCUT2D eigenvalue weighted by Gasteiger charge is -2.43. The molecule has 2 unspecified atom stereocenters. The van der Waals surface area contributed by atoms with E-state index in [1.807, 2.05) is 0 Å². The Morgan fingerprint density at radius 1 is 1.06 bits per heavy atom. The van der Waals surface area contributed by atoms with Gasteiger partial charge in [0.1, 0.15) is 0 Å². The van der Waals surface area contributed by atoms with E-state index in [-0.39, 0.29) is 0 Å². The van der Waals surface area contributed by atoms with Gasteiger partial charge in [0.05, 0.1) is 0 Å². The Balaban J connectivity index is 1.86. The van der Waals surface area contributed by atoms with Gasteiger partial charge < -0.3 is 5.32 Å². The fraction of sp³-hybridized carbons (Fsp3) is 1.00. The fourth-order valence-electron chi connectivity index (χ4n) is 4.53. The van der Waals surface area contributed by atoms with Crippen LogP contribution in [-0.2, 0) is 0 Å². The molecule has 0 heterocycles. The number of hydrogen-bond acceptors (Lipinski definition) is 1. The average Bonchev–Trinajstić information content (AvgIpc) is 2.84. The average molecular weight is 251 g/mol. The van der Waals surface area contributed by atoms with Gasteiger partial charge in [-0.05, 0) is 50.0 Å². The van der Waals surface area contributed by atoms with E-state index < -0.39 is 0 Å². The molecule has 1 heteroatoms. The van der Waals surface area contributed by atoms with E-state index in [1.165, 1.54) is 64.2 Å². The number of rotatable bonds is 5. The first-order valence-electron chi connectivity index (χ1n) is 8.31. The minimum atomic E-state index is 0.557. The molecule has 1 N–H and O–H groups in total. The zero-order valence-electron chi connectivity index (χ0n) is 12.8.